The molecule has 1 aliphatic rings. The quantitative estimate of drug-likeness (QED) is 0.869. The zero-order chi connectivity index (χ0) is 17.7. The van der Waals surface area contributed by atoms with Gasteiger partial charge in [-0.3, -0.25) is 4.79 Å². The average molecular weight is 349 g/mol. The van der Waals surface area contributed by atoms with Crippen molar-refractivity contribution in [3.63, 3.8) is 0 Å². The largest absolute Gasteiger partial charge is 0.339 e. The maximum absolute atomic E-state index is 12.6. The number of carbonyl (C=O) groups is 1. The Kier molecular flexibility index (Phi) is 6.76. The molecule has 1 aliphatic heterocycles. The van der Waals surface area contributed by atoms with Gasteiger partial charge >= 0.3 is 0 Å². The summed E-state index contributed by atoms with van der Waals surface area (Å²) in [6, 6.07) is 8.94. The highest BCUT2D eigenvalue weighted by Crippen LogP contribution is 2.24. The Balaban J connectivity index is 1.76. The van der Waals surface area contributed by atoms with Gasteiger partial charge in [0.15, 0.2) is 0 Å². The molecule has 134 valence electrons. The number of amides is 1. The van der Waals surface area contributed by atoms with Gasteiger partial charge in [-0.2, -0.15) is 11.8 Å². The highest BCUT2D eigenvalue weighted by atomic mass is 32.2. The number of nitrogens with zero attached hydrogens (tertiary/aromatic N) is 1. The van der Waals surface area contributed by atoms with Gasteiger partial charge in [0.1, 0.15) is 0 Å². The van der Waals surface area contributed by atoms with Crippen molar-refractivity contribution in [1.82, 2.24) is 10.2 Å². The van der Waals surface area contributed by atoms with Gasteiger partial charge in [-0.15, -0.1) is 0 Å². The van der Waals surface area contributed by atoms with Crippen LogP contribution in [-0.4, -0.2) is 46.5 Å². The van der Waals surface area contributed by atoms with Crippen molar-refractivity contribution in [3.8, 4) is 0 Å². The summed E-state index contributed by atoms with van der Waals surface area (Å²) >= 11 is 2.01. The number of likely N-dealkylation sites (tertiary alicyclic amines) is 1. The van der Waals surface area contributed by atoms with Crippen LogP contribution in [0.25, 0.3) is 0 Å². The fourth-order valence-corrected chi connectivity index (χ4v) is 3.80. The highest BCUT2D eigenvalue weighted by molar-refractivity contribution is 8.00. The van der Waals surface area contributed by atoms with Crippen LogP contribution in [0.3, 0.4) is 0 Å². The summed E-state index contributed by atoms with van der Waals surface area (Å²) in [4.78, 5) is 14.6. The summed E-state index contributed by atoms with van der Waals surface area (Å²) in [7, 11) is 0. The van der Waals surface area contributed by atoms with Crippen LogP contribution in [0.4, 0.5) is 0 Å². The summed E-state index contributed by atoms with van der Waals surface area (Å²) in [5.74, 6) is 1.30. The van der Waals surface area contributed by atoms with Gasteiger partial charge in [-0.1, -0.05) is 38.5 Å². The number of nitrogens with one attached hydrogen (secondary N) is 1. The predicted molar refractivity (Wildman–Crippen MR) is 105 cm³/mol. The van der Waals surface area contributed by atoms with E-state index in [1.165, 1.54) is 5.56 Å². The van der Waals surface area contributed by atoms with Crippen molar-refractivity contribution in [2.75, 3.05) is 18.8 Å². The number of hydrogen-bond donors (Lipinski definition) is 1. The number of benzene rings is 1. The van der Waals surface area contributed by atoms with Crippen LogP contribution in [0.1, 0.15) is 56.5 Å². The zero-order valence-electron chi connectivity index (χ0n) is 15.8. The topological polar surface area (TPSA) is 32.3 Å². The molecule has 0 aliphatic carbocycles. The molecule has 0 bridgehead atoms. The normalized spacial score (nSPS) is 17.8. The fraction of sp³-hybridized carbons (Fsp3) is 0.650. The van der Waals surface area contributed by atoms with Gasteiger partial charge in [-0.05, 0) is 38.8 Å². The summed E-state index contributed by atoms with van der Waals surface area (Å²) in [5.41, 5.74) is 2.00. The monoisotopic (exact) mass is 348 g/mol. The van der Waals surface area contributed by atoms with Gasteiger partial charge in [-0.25, -0.2) is 0 Å². The lowest BCUT2D eigenvalue weighted by atomic mass is 10.0. The molecule has 1 aromatic carbocycles. The van der Waals surface area contributed by atoms with E-state index in [0.717, 1.165) is 37.2 Å². The van der Waals surface area contributed by atoms with Crippen LogP contribution >= 0.6 is 11.8 Å². The van der Waals surface area contributed by atoms with Gasteiger partial charge in [0.25, 0.3) is 5.91 Å². The van der Waals surface area contributed by atoms with E-state index in [2.05, 4.69) is 33.0 Å². The molecule has 3 nitrogen and oxygen atoms in total. The number of hydrogen-bond acceptors (Lipinski definition) is 3. The molecule has 0 saturated carbocycles. The number of carbonyl (C=O) groups excluding carboxylic acids is 1. The van der Waals surface area contributed by atoms with Crippen molar-refractivity contribution in [2.45, 2.75) is 64.3 Å². The van der Waals surface area contributed by atoms with Gasteiger partial charge < -0.3 is 10.2 Å². The molecule has 4 heteroatoms. The maximum Gasteiger partial charge on any atom is 0.253 e. The first kappa shape index (κ1) is 19.3. The van der Waals surface area contributed by atoms with Crippen LogP contribution < -0.4 is 5.32 Å². The Hall–Kier alpha value is -1.00. The molecular formula is C20H32N2OS. The lowest BCUT2D eigenvalue weighted by Gasteiger charge is -2.34. The van der Waals surface area contributed by atoms with Gasteiger partial charge in [0.2, 0.25) is 0 Å². The molecule has 1 heterocycles. The SMILES string of the molecule is Cc1ccc(C(=O)N2CCC(NC(C)CSC(C)(C)C)CC2)cc1. The summed E-state index contributed by atoms with van der Waals surface area (Å²) < 4.78 is 0.319. The maximum atomic E-state index is 12.6. The van der Waals surface area contributed by atoms with Crippen LogP contribution in [0.2, 0.25) is 0 Å². The van der Waals surface area contributed by atoms with E-state index in [9.17, 15) is 4.79 Å². The fourth-order valence-electron chi connectivity index (χ4n) is 2.95. The lowest BCUT2D eigenvalue weighted by Crippen LogP contribution is -2.47. The first-order chi connectivity index (χ1) is 11.2. The molecule has 1 amide bonds. The third kappa shape index (κ3) is 6.14. The first-order valence-electron chi connectivity index (χ1n) is 9.00. The van der Waals surface area contributed by atoms with E-state index in [1.54, 1.807) is 0 Å². The Morgan fingerprint density at radius 3 is 2.38 bits per heavy atom. The Morgan fingerprint density at radius 1 is 1.25 bits per heavy atom. The Morgan fingerprint density at radius 2 is 1.83 bits per heavy atom. The van der Waals surface area contributed by atoms with Gasteiger partial charge in [0, 0.05) is 41.2 Å². The van der Waals surface area contributed by atoms with Crippen LogP contribution in [-0.2, 0) is 0 Å². The third-order valence-corrected chi connectivity index (χ3v) is 5.90. The highest BCUT2D eigenvalue weighted by Gasteiger charge is 2.24. The van der Waals surface area contributed by atoms with E-state index in [4.69, 9.17) is 0 Å². The molecule has 1 aromatic rings. The van der Waals surface area contributed by atoms with Crippen LogP contribution in [0, 0.1) is 6.92 Å². The second-order valence-electron chi connectivity index (χ2n) is 7.92. The van der Waals surface area contributed by atoms with Crippen molar-refractivity contribution in [1.29, 1.82) is 0 Å². The molecular weight excluding hydrogens is 316 g/mol. The minimum absolute atomic E-state index is 0.171. The summed E-state index contributed by atoms with van der Waals surface area (Å²) in [5, 5.41) is 3.74. The van der Waals surface area contributed by atoms with Crippen molar-refractivity contribution >= 4 is 17.7 Å². The smallest absolute Gasteiger partial charge is 0.253 e. The Bertz CT molecular complexity index is 528. The standard InChI is InChI=1S/C20H32N2OS/c1-15-6-8-17(9-7-15)19(23)22-12-10-18(11-13-22)21-16(2)14-24-20(3,4)5/h6-9,16,18,21H,10-14H2,1-5H3. The second kappa shape index (κ2) is 8.39. The van der Waals surface area contributed by atoms with E-state index in [1.807, 2.05) is 47.9 Å². The number of aryl methyl sites for hydroxylation is 1. The van der Waals surface area contributed by atoms with Gasteiger partial charge in [0.05, 0.1) is 0 Å². The Labute approximate surface area is 151 Å². The molecule has 0 spiro atoms. The van der Waals surface area contributed by atoms with Crippen molar-refractivity contribution < 1.29 is 4.79 Å². The molecule has 1 unspecified atom stereocenters. The third-order valence-electron chi connectivity index (χ3n) is 4.37. The first-order valence-corrected chi connectivity index (χ1v) is 9.99. The van der Waals surface area contributed by atoms with E-state index in [0.29, 0.717) is 16.8 Å². The van der Waals surface area contributed by atoms with Crippen LogP contribution in [0.5, 0.6) is 0 Å². The molecule has 1 atom stereocenters. The molecule has 1 saturated heterocycles. The zero-order valence-corrected chi connectivity index (χ0v) is 16.6. The summed E-state index contributed by atoms with van der Waals surface area (Å²) in [6.07, 6.45) is 2.09. The molecule has 0 radical (unpaired) electrons. The molecule has 2 rings (SSSR count). The van der Waals surface area contributed by atoms with Crippen molar-refractivity contribution in [3.05, 3.63) is 35.4 Å². The minimum atomic E-state index is 0.171. The van der Waals surface area contributed by atoms with Crippen LogP contribution in [0.15, 0.2) is 24.3 Å². The number of rotatable bonds is 5. The lowest BCUT2D eigenvalue weighted by molar-refractivity contribution is 0.0703. The van der Waals surface area contributed by atoms with E-state index in [-0.39, 0.29) is 5.91 Å². The van der Waals surface area contributed by atoms with E-state index >= 15 is 0 Å². The molecule has 1 fully saturated rings. The van der Waals surface area contributed by atoms with Crippen molar-refractivity contribution in [2.24, 2.45) is 0 Å². The predicted octanol–water partition coefficient (Wildman–Crippen LogP) is 4.11. The minimum Gasteiger partial charge on any atom is -0.339 e. The van der Waals surface area contributed by atoms with E-state index < -0.39 is 0 Å². The number of thioether (sulfide) groups is 1. The molecule has 24 heavy (non-hydrogen) atoms. The average Bonchev–Trinajstić information content (AvgIpc) is 2.53. The second-order valence-corrected chi connectivity index (χ2v) is 9.77. The summed E-state index contributed by atoms with van der Waals surface area (Å²) in [6.45, 7) is 12.8. The number of piperidine rings is 1. The molecule has 0 aromatic heterocycles. The molecule has 1 N–H and O–H groups in total.